The van der Waals surface area contributed by atoms with Crippen molar-refractivity contribution in [3.63, 3.8) is 0 Å². The number of amides is 1. The number of rotatable bonds is 5. The van der Waals surface area contributed by atoms with E-state index in [9.17, 15) is 13.2 Å². The minimum absolute atomic E-state index is 0.134. The summed E-state index contributed by atoms with van der Waals surface area (Å²) in [5.74, 6) is -0.197. The van der Waals surface area contributed by atoms with Gasteiger partial charge in [0, 0.05) is 26.0 Å². The standard InChI is InChI=1S/C10H15ClN4O4S2/c1-7(16)12-8-13-14-9(20-8)21(17,18)15-10(6-11)2-4-19-5-3-10/h15H,2-6H2,1H3,(H,12,13,16). The minimum Gasteiger partial charge on any atom is -0.381 e. The van der Waals surface area contributed by atoms with Crippen LogP contribution in [-0.2, 0) is 19.6 Å². The Morgan fingerprint density at radius 3 is 2.67 bits per heavy atom. The summed E-state index contributed by atoms with van der Waals surface area (Å²) in [7, 11) is -3.84. The van der Waals surface area contributed by atoms with E-state index in [2.05, 4.69) is 20.2 Å². The van der Waals surface area contributed by atoms with Crippen molar-refractivity contribution in [2.75, 3.05) is 24.4 Å². The molecule has 2 N–H and O–H groups in total. The largest absolute Gasteiger partial charge is 0.381 e. The number of ether oxygens (including phenoxy) is 1. The van der Waals surface area contributed by atoms with Gasteiger partial charge in [0.2, 0.25) is 15.4 Å². The quantitative estimate of drug-likeness (QED) is 0.590. The predicted octanol–water partition coefficient (Wildman–Crippen LogP) is 0.563. The van der Waals surface area contributed by atoms with E-state index < -0.39 is 15.6 Å². The van der Waals surface area contributed by atoms with Gasteiger partial charge in [-0.25, -0.2) is 13.1 Å². The third-order valence-corrected chi connectivity index (χ3v) is 6.27. The molecule has 11 heteroatoms. The van der Waals surface area contributed by atoms with Crippen LogP contribution in [0.4, 0.5) is 5.13 Å². The van der Waals surface area contributed by atoms with E-state index in [1.54, 1.807) is 0 Å². The van der Waals surface area contributed by atoms with Crippen LogP contribution in [0.5, 0.6) is 0 Å². The van der Waals surface area contributed by atoms with Gasteiger partial charge in [0.15, 0.2) is 0 Å². The minimum atomic E-state index is -3.84. The van der Waals surface area contributed by atoms with Gasteiger partial charge < -0.3 is 10.1 Å². The van der Waals surface area contributed by atoms with E-state index in [4.69, 9.17) is 16.3 Å². The van der Waals surface area contributed by atoms with Crippen molar-refractivity contribution in [3.8, 4) is 0 Å². The number of hydrogen-bond acceptors (Lipinski definition) is 7. The topological polar surface area (TPSA) is 110 Å². The molecule has 0 unspecified atom stereocenters. The van der Waals surface area contributed by atoms with Gasteiger partial charge in [0.1, 0.15) is 0 Å². The molecule has 1 saturated heterocycles. The van der Waals surface area contributed by atoms with Gasteiger partial charge in [0.25, 0.3) is 10.0 Å². The van der Waals surface area contributed by atoms with Gasteiger partial charge in [-0.05, 0) is 12.8 Å². The Morgan fingerprint density at radius 2 is 2.10 bits per heavy atom. The zero-order chi connectivity index (χ0) is 15.5. The fraction of sp³-hybridized carbons (Fsp3) is 0.700. The molecule has 0 aliphatic carbocycles. The Hall–Kier alpha value is -0.810. The first-order valence-corrected chi connectivity index (χ1v) is 8.99. The number of sulfonamides is 1. The van der Waals surface area contributed by atoms with Gasteiger partial charge in [0.05, 0.1) is 5.54 Å². The molecule has 0 radical (unpaired) electrons. The van der Waals surface area contributed by atoms with Crippen LogP contribution in [-0.4, -0.2) is 49.2 Å². The van der Waals surface area contributed by atoms with Crippen LogP contribution in [0.15, 0.2) is 4.34 Å². The van der Waals surface area contributed by atoms with E-state index in [1.165, 1.54) is 6.92 Å². The molecule has 0 spiro atoms. The van der Waals surface area contributed by atoms with E-state index >= 15 is 0 Å². The molecule has 1 amide bonds. The average molecular weight is 355 g/mol. The Kier molecular flexibility index (Phi) is 5.15. The Morgan fingerprint density at radius 1 is 1.43 bits per heavy atom. The molecule has 118 valence electrons. The Balaban J connectivity index is 2.17. The molecule has 0 bridgehead atoms. The second-order valence-electron chi connectivity index (χ2n) is 4.69. The second-order valence-corrected chi connectivity index (χ2v) is 7.79. The molecule has 0 aromatic carbocycles. The summed E-state index contributed by atoms with van der Waals surface area (Å²) in [6, 6.07) is 0. The number of anilines is 1. The summed E-state index contributed by atoms with van der Waals surface area (Å²) < 4.78 is 32.3. The first-order chi connectivity index (χ1) is 9.87. The molecule has 0 atom stereocenters. The highest BCUT2D eigenvalue weighted by Crippen LogP contribution is 2.27. The highest BCUT2D eigenvalue weighted by molar-refractivity contribution is 7.91. The molecule has 21 heavy (non-hydrogen) atoms. The van der Waals surface area contributed by atoms with Gasteiger partial charge >= 0.3 is 0 Å². The number of alkyl halides is 1. The van der Waals surface area contributed by atoms with Crippen LogP contribution in [0, 0.1) is 0 Å². The normalized spacial score (nSPS) is 18.4. The lowest BCUT2D eigenvalue weighted by Crippen LogP contribution is -2.53. The van der Waals surface area contributed by atoms with Crippen molar-refractivity contribution in [2.24, 2.45) is 0 Å². The van der Waals surface area contributed by atoms with E-state index in [0.717, 1.165) is 11.3 Å². The maximum Gasteiger partial charge on any atom is 0.270 e. The number of halogens is 1. The maximum absolute atomic E-state index is 12.3. The molecule has 1 aromatic rings. The Labute approximate surface area is 131 Å². The number of nitrogens with one attached hydrogen (secondary N) is 2. The first kappa shape index (κ1) is 16.6. The van der Waals surface area contributed by atoms with Crippen LogP contribution >= 0.6 is 22.9 Å². The summed E-state index contributed by atoms with van der Waals surface area (Å²) >= 11 is 6.72. The van der Waals surface area contributed by atoms with Crippen molar-refractivity contribution in [3.05, 3.63) is 0 Å². The molecule has 1 aromatic heterocycles. The smallest absolute Gasteiger partial charge is 0.270 e. The monoisotopic (exact) mass is 354 g/mol. The molecule has 2 rings (SSSR count). The Bertz CT molecular complexity index is 612. The molecule has 8 nitrogen and oxygen atoms in total. The third-order valence-electron chi connectivity index (χ3n) is 2.98. The molecular weight excluding hydrogens is 340 g/mol. The van der Waals surface area contributed by atoms with Gasteiger partial charge in [-0.1, -0.05) is 11.3 Å². The van der Waals surface area contributed by atoms with Crippen molar-refractivity contribution >= 4 is 44.0 Å². The van der Waals surface area contributed by atoms with Crippen LogP contribution < -0.4 is 10.0 Å². The number of hydrogen-bond donors (Lipinski definition) is 2. The molecule has 0 saturated carbocycles. The summed E-state index contributed by atoms with van der Waals surface area (Å²) in [6.45, 7) is 2.20. The summed E-state index contributed by atoms with van der Waals surface area (Å²) in [5, 5.41) is 9.75. The molecule has 1 fully saturated rings. The third kappa shape index (κ3) is 4.10. The number of carbonyl (C=O) groups is 1. The highest BCUT2D eigenvalue weighted by atomic mass is 35.5. The predicted molar refractivity (Wildman–Crippen MR) is 78.0 cm³/mol. The van der Waals surface area contributed by atoms with Crippen LogP contribution in [0.1, 0.15) is 19.8 Å². The number of aromatic nitrogens is 2. The first-order valence-electron chi connectivity index (χ1n) is 6.16. The van der Waals surface area contributed by atoms with Crippen molar-refractivity contribution in [2.45, 2.75) is 29.6 Å². The molecule has 1 aliphatic heterocycles. The summed E-state index contributed by atoms with van der Waals surface area (Å²) in [6.07, 6.45) is 0.986. The van der Waals surface area contributed by atoms with Crippen LogP contribution in [0.25, 0.3) is 0 Å². The lowest BCUT2D eigenvalue weighted by molar-refractivity contribution is -0.114. The maximum atomic E-state index is 12.3. The molecule has 1 aliphatic rings. The van der Waals surface area contributed by atoms with E-state index in [1.807, 2.05) is 0 Å². The average Bonchev–Trinajstić information content (AvgIpc) is 2.88. The fourth-order valence-electron chi connectivity index (χ4n) is 1.87. The number of carbonyl (C=O) groups excluding carboxylic acids is 1. The fourth-order valence-corrected chi connectivity index (χ4v) is 4.69. The summed E-state index contributed by atoms with van der Waals surface area (Å²) in [5.41, 5.74) is -0.738. The van der Waals surface area contributed by atoms with Crippen molar-refractivity contribution in [1.82, 2.24) is 14.9 Å². The van der Waals surface area contributed by atoms with Crippen molar-refractivity contribution in [1.29, 1.82) is 0 Å². The summed E-state index contributed by atoms with van der Waals surface area (Å²) in [4.78, 5) is 10.9. The zero-order valence-corrected chi connectivity index (χ0v) is 13.6. The van der Waals surface area contributed by atoms with Crippen molar-refractivity contribution < 1.29 is 17.9 Å². The van der Waals surface area contributed by atoms with Gasteiger partial charge in [-0.3, -0.25) is 4.79 Å². The van der Waals surface area contributed by atoms with Crippen LogP contribution in [0.2, 0.25) is 0 Å². The highest BCUT2D eigenvalue weighted by Gasteiger charge is 2.37. The van der Waals surface area contributed by atoms with E-state index in [-0.39, 0.29) is 21.3 Å². The molecular formula is C10H15ClN4O4S2. The second kappa shape index (κ2) is 6.53. The zero-order valence-electron chi connectivity index (χ0n) is 11.3. The SMILES string of the molecule is CC(=O)Nc1nnc(S(=O)(=O)NC2(CCl)CCOCC2)s1. The van der Waals surface area contributed by atoms with Gasteiger partial charge in [-0.2, -0.15) is 0 Å². The number of nitrogens with zero attached hydrogens (tertiary/aromatic N) is 2. The lowest BCUT2D eigenvalue weighted by Gasteiger charge is -2.35. The van der Waals surface area contributed by atoms with Crippen LogP contribution in [0.3, 0.4) is 0 Å². The van der Waals surface area contributed by atoms with E-state index in [0.29, 0.717) is 26.1 Å². The molecule has 2 heterocycles. The van der Waals surface area contributed by atoms with Gasteiger partial charge in [-0.15, -0.1) is 21.8 Å². The lowest BCUT2D eigenvalue weighted by atomic mass is 9.94.